The molecule has 26 heavy (non-hydrogen) atoms. The molecule has 0 aromatic heterocycles. The molecule has 5 heteroatoms. The lowest BCUT2D eigenvalue weighted by Crippen LogP contribution is -2.46. The van der Waals surface area contributed by atoms with Crippen LogP contribution in [0, 0.1) is 0 Å². The van der Waals surface area contributed by atoms with Crippen LogP contribution in [0.5, 0.6) is 11.5 Å². The van der Waals surface area contributed by atoms with E-state index in [1.54, 1.807) is 0 Å². The van der Waals surface area contributed by atoms with E-state index in [0.717, 1.165) is 31.0 Å². The standard InChI is InChI=1S/C21H26N2O2.ClH/c1-2-7-19(8-3-1)23-14-12-22(13-15-23)11-5-4-6-18-9-10-20-21(16-18)25-17-24-20;/h1-3,7-10,16H,4-6,11-15,17H2;1H. The molecule has 0 radical (unpaired) electrons. The van der Waals surface area contributed by atoms with E-state index in [9.17, 15) is 0 Å². The van der Waals surface area contributed by atoms with E-state index in [0.29, 0.717) is 6.79 Å². The second-order valence-corrected chi connectivity index (χ2v) is 6.81. The number of benzene rings is 2. The Morgan fingerprint density at radius 1 is 0.808 bits per heavy atom. The molecule has 0 aliphatic carbocycles. The van der Waals surface area contributed by atoms with Gasteiger partial charge in [-0.3, -0.25) is 4.90 Å². The Bertz CT molecular complexity index is 688. The first-order valence-electron chi connectivity index (χ1n) is 9.29. The quantitative estimate of drug-likeness (QED) is 0.714. The molecule has 2 aliphatic heterocycles. The van der Waals surface area contributed by atoms with Crippen molar-refractivity contribution in [3.8, 4) is 11.5 Å². The fourth-order valence-corrected chi connectivity index (χ4v) is 3.63. The lowest BCUT2D eigenvalue weighted by molar-refractivity contribution is 0.174. The summed E-state index contributed by atoms with van der Waals surface area (Å²) in [6.45, 7) is 6.15. The van der Waals surface area contributed by atoms with Crippen molar-refractivity contribution in [3.05, 3.63) is 54.1 Å². The van der Waals surface area contributed by atoms with Crippen LogP contribution in [0.1, 0.15) is 18.4 Å². The smallest absolute Gasteiger partial charge is 0.231 e. The number of hydrogen-bond acceptors (Lipinski definition) is 4. The lowest BCUT2D eigenvalue weighted by Gasteiger charge is -2.36. The first-order valence-corrected chi connectivity index (χ1v) is 9.29. The van der Waals surface area contributed by atoms with Crippen molar-refractivity contribution >= 4 is 18.1 Å². The molecule has 0 N–H and O–H groups in total. The first kappa shape index (κ1) is 18.9. The Kier molecular flexibility index (Phi) is 6.64. The molecule has 1 saturated heterocycles. The van der Waals surface area contributed by atoms with Crippen LogP contribution >= 0.6 is 12.4 Å². The van der Waals surface area contributed by atoms with Gasteiger partial charge in [0.15, 0.2) is 11.5 Å². The summed E-state index contributed by atoms with van der Waals surface area (Å²) >= 11 is 0. The van der Waals surface area contributed by atoms with E-state index in [-0.39, 0.29) is 12.4 Å². The third-order valence-corrected chi connectivity index (χ3v) is 5.12. The van der Waals surface area contributed by atoms with Gasteiger partial charge in [-0.25, -0.2) is 0 Å². The Balaban J connectivity index is 0.00000196. The van der Waals surface area contributed by atoms with E-state index in [1.807, 2.05) is 6.07 Å². The first-order chi connectivity index (χ1) is 12.4. The van der Waals surface area contributed by atoms with Crippen molar-refractivity contribution in [1.82, 2.24) is 4.90 Å². The van der Waals surface area contributed by atoms with E-state index in [4.69, 9.17) is 9.47 Å². The van der Waals surface area contributed by atoms with Gasteiger partial charge in [-0.15, -0.1) is 12.4 Å². The van der Waals surface area contributed by atoms with Gasteiger partial charge in [-0.1, -0.05) is 24.3 Å². The molecule has 1 fully saturated rings. The molecule has 4 nitrogen and oxygen atoms in total. The number of anilines is 1. The van der Waals surface area contributed by atoms with Crippen LogP contribution in [-0.2, 0) is 6.42 Å². The molecule has 0 spiro atoms. The van der Waals surface area contributed by atoms with Crippen LogP contribution in [0.3, 0.4) is 0 Å². The number of nitrogens with zero attached hydrogens (tertiary/aromatic N) is 2. The fraction of sp³-hybridized carbons (Fsp3) is 0.429. The highest BCUT2D eigenvalue weighted by molar-refractivity contribution is 5.85. The number of halogens is 1. The number of piperazine rings is 1. The predicted molar refractivity (Wildman–Crippen MR) is 108 cm³/mol. The van der Waals surface area contributed by atoms with Gasteiger partial charge in [0.25, 0.3) is 0 Å². The van der Waals surface area contributed by atoms with E-state index in [1.165, 1.54) is 43.7 Å². The number of hydrogen-bond donors (Lipinski definition) is 0. The molecule has 0 atom stereocenters. The molecular weight excluding hydrogens is 348 g/mol. The third kappa shape index (κ3) is 4.63. The summed E-state index contributed by atoms with van der Waals surface area (Å²) in [5.41, 5.74) is 2.70. The molecule has 0 unspecified atom stereocenters. The van der Waals surface area contributed by atoms with Crippen molar-refractivity contribution in [2.24, 2.45) is 0 Å². The monoisotopic (exact) mass is 374 g/mol. The van der Waals surface area contributed by atoms with Gasteiger partial charge >= 0.3 is 0 Å². The minimum atomic E-state index is 0. The van der Waals surface area contributed by atoms with Gasteiger partial charge in [-0.05, 0) is 55.6 Å². The molecule has 2 aliphatic rings. The summed E-state index contributed by atoms with van der Waals surface area (Å²) in [5.74, 6) is 1.77. The highest BCUT2D eigenvalue weighted by Crippen LogP contribution is 2.32. The van der Waals surface area contributed by atoms with Gasteiger partial charge in [0.05, 0.1) is 0 Å². The number of aryl methyl sites for hydroxylation is 1. The van der Waals surface area contributed by atoms with Crippen LogP contribution < -0.4 is 14.4 Å². The molecule has 0 saturated carbocycles. The van der Waals surface area contributed by atoms with Gasteiger partial charge in [0.2, 0.25) is 6.79 Å². The summed E-state index contributed by atoms with van der Waals surface area (Å²) in [4.78, 5) is 5.09. The average Bonchev–Trinajstić information content (AvgIpc) is 3.14. The number of unbranched alkanes of at least 4 members (excludes halogenated alkanes) is 1. The molecular formula is C21H27ClN2O2. The highest BCUT2D eigenvalue weighted by Gasteiger charge is 2.16. The Morgan fingerprint density at radius 2 is 1.58 bits per heavy atom. The summed E-state index contributed by atoms with van der Waals surface area (Å²) in [6.07, 6.45) is 3.58. The van der Waals surface area contributed by atoms with E-state index >= 15 is 0 Å². The summed E-state index contributed by atoms with van der Waals surface area (Å²) in [7, 11) is 0. The van der Waals surface area contributed by atoms with Crippen molar-refractivity contribution in [2.75, 3.05) is 44.4 Å². The van der Waals surface area contributed by atoms with Gasteiger partial charge in [0.1, 0.15) is 0 Å². The van der Waals surface area contributed by atoms with Crippen LogP contribution in [0.15, 0.2) is 48.5 Å². The van der Waals surface area contributed by atoms with Gasteiger partial charge < -0.3 is 14.4 Å². The zero-order valence-corrected chi connectivity index (χ0v) is 15.9. The van der Waals surface area contributed by atoms with E-state index in [2.05, 4.69) is 52.3 Å². The minimum Gasteiger partial charge on any atom is -0.454 e. The second kappa shape index (κ2) is 9.15. The maximum absolute atomic E-state index is 5.45. The number of ether oxygens (including phenoxy) is 2. The maximum Gasteiger partial charge on any atom is 0.231 e. The second-order valence-electron chi connectivity index (χ2n) is 6.81. The van der Waals surface area contributed by atoms with Gasteiger partial charge in [0, 0.05) is 31.9 Å². The van der Waals surface area contributed by atoms with Crippen LogP contribution in [0.4, 0.5) is 5.69 Å². The molecule has 0 amide bonds. The predicted octanol–water partition coefficient (Wildman–Crippen LogP) is 3.98. The Morgan fingerprint density at radius 3 is 2.38 bits per heavy atom. The number of para-hydroxylation sites is 1. The van der Waals surface area contributed by atoms with Gasteiger partial charge in [-0.2, -0.15) is 0 Å². The maximum atomic E-state index is 5.45. The molecule has 140 valence electrons. The lowest BCUT2D eigenvalue weighted by atomic mass is 10.1. The van der Waals surface area contributed by atoms with Crippen LogP contribution in [0.25, 0.3) is 0 Å². The van der Waals surface area contributed by atoms with Crippen LogP contribution in [-0.4, -0.2) is 44.4 Å². The van der Waals surface area contributed by atoms with Crippen molar-refractivity contribution in [1.29, 1.82) is 0 Å². The van der Waals surface area contributed by atoms with Crippen molar-refractivity contribution in [3.63, 3.8) is 0 Å². The Hall–Kier alpha value is -1.91. The molecule has 2 aromatic carbocycles. The summed E-state index contributed by atoms with van der Waals surface area (Å²) in [5, 5.41) is 0. The number of rotatable bonds is 6. The normalized spacial score (nSPS) is 16.4. The average molecular weight is 375 g/mol. The topological polar surface area (TPSA) is 24.9 Å². The van der Waals surface area contributed by atoms with Crippen molar-refractivity contribution in [2.45, 2.75) is 19.3 Å². The van der Waals surface area contributed by atoms with Crippen LogP contribution in [0.2, 0.25) is 0 Å². The molecule has 0 bridgehead atoms. The zero-order chi connectivity index (χ0) is 16.9. The number of fused-ring (bicyclic) bond motifs is 1. The molecule has 2 heterocycles. The van der Waals surface area contributed by atoms with E-state index < -0.39 is 0 Å². The molecule has 2 aromatic rings. The van der Waals surface area contributed by atoms with Crippen molar-refractivity contribution < 1.29 is 9.47 Å². The largest absolute Gasteiger partial charge is 0.454 e. The summed E-state index contributed by atoms with van der Waals surface area (Å²) < 4.78 is 10.8. The zero-order valence-electron chi connectivity index (χ0n) is 15.1. The molecule has 4 rings (SSSR count). The minimum absolute atomic E-state index is 0. The fourth-order valence-electron chi connectivity index (χ4n) is 3.63. The SMILES string of the molecule is Cl.c1ccc(N2CCN(CCCCc3ccc4c(c3)OCO4)CC2)cc1. The third-order valence-electron chi connectivity index (χ3n) is 5.12. The summed E-state index contributed by atoms with van der Waals surface area (Å²) in [6, 6.07) is 17.1. The Labute approximate surface area is 162 Å². The highest BCUT2D eigenvalue weighted by atomic mass is 35.5.